The molecule has 110 valence electrons. The monoisotopic (exact) mass is 267 g/mol. The van der Waals surface area contributed by atoms with Crippen molar-refractivity contribution >= 4 is 0 Å². The fraction of sp³-hybridized carbons (Fsp3) is 1.00. The highest BCUT2D eigenvalue weighted by atomic mass is 16.5. The van der Waals surface area contributed by atoms with Gasteiger partial charge in [0.15, 0.2) is 0 Å². The molecule has 0 radical (unpaired) electrons. The van der Waals surface area contributed by atoms with Gasteiger partial charge in [-0.25, -0.2) is 0 Å². The summed E-state index contributed by atoms with van der Waals surface area (Å²) >= 11 is 0. The third kappa shape index (κ3) is 3.69. The fourth-order valence-corrected chi connectivity index (χ4v) is 3.83. The van der Waals surface area contributed by atoms with Crippen LogP contribution in [-0.4, -0.2) is 73.9 Å². The summed E-state index contributed by atoms with van der Waals surface area (Å²) in [4.78, 5) is 5.34. The number of rotatable bonds is 3. The Morgan fingerprint density at radius 2 is 1.95 bits per heavy atom. The third-order valence-electron chi connectivity index (χ3n) is 4.84. The maximum absolute atomic E-state index is 6.01. The Morgan fingerprint density at radius 3 is 2.74 bits per heavy atom. The lowest BCUT2D eigenvalue weighted by Gasteiger charge is -2.33. The maximum atomic E-state index is 6.01. The van der Waals surface area contributed by atoms with Crippen LogP contribution < -0.4 is 5.32 Å². The van der Waals surface area contributed by atoms with Crippen LogP contribution in [0.15, 0.2) is 0 Å². The van der Waals surface area contributed by atoms with E-state index in [9.17, 15) is 0 Å². The van der Waals surface area contributed by atoms with Crippen LogP contribution in [0, 0.1) is 0 Å². The van der Waals surface area contributed by atoms with Crippen LogP contribution >= 0.6 is 0 Å². The SMILES string of the molecule is C[C@@H]1CNC[C@@H](CN2CC[C@H](N3CCCCC3)C2)O1. The van der Waals surface area contributed by atoms with Gasteiger partial charge in [-0.05, 0) is 45.8 Å². The Bertz CT molecular complexity index is 281. The standard InChI is InChI=1S/C15H29N3O/c1-13-9-16-10-15(19-13)12-17-8-5-14(11-17)18-6-3-2-4-7-18/h13-16H,2-12H2,1H3/t13-,14+,15+/m1/s1. The van der Waals surface area contributed by atoms with E-state index in [0.29, 0.717) is 12.2 Å². The summed E-state index contributed by atoms with van der Waals surface area (Å²) in [5, 5.41) is 3.47. The van der Waals surface area contributed by atoms with Gasteiger partial charge in [0, 0.05) is 32.2 Å². The molecule has 0 saturated carbocycles. The van der Waals surface area contributed by atoms with Gasteiger partial charge in [-0.1, -0.05) is 6.42 Å². The predicted molar refractivity (Wildman–Crippen MR) is 77.5 cm³/mol. The third-order valence-corrected chi connectivity index (χ3v) is 4.84. The van der Waals surface area contributed by atoms with E-state index in [1.807, 2.05) is 0 Å². The largest absolute Gasteiger partial charge is 0.371 e. The zero-order valence-corrected chi connectivity index (χ0v) is 12.3. The van der Waals surface area contributed by atoms with Crippen LogP contribution in [0.5, 0.6) is 0 Å². The Kier molecular flexibility index (Phi) is 4.74. The normalized spacial score (nSPS) is 38.7. The second kappa shape index (κ2) is 6.53. The van der Waals surface area contributed by atoms with Gasteiger partial charge >= 0.3 is 0 Å². The summed E-state index contributed by atoms with van der Waals surface area (Å²) in [6.45, 7) is 10.5. The quantitative estimate of drug-likeness (QED) is 0.823. The van der Waals surface area contributed by atoms with Crippen molar-refractivity contribution in [1.29, 1.82) is 0 Å². The molecule has 0 aromatic heterocycles. The van der Waals surface area contributed by atoms with E-state index in [-0.39, 0.29) is 0 Å². The van der Waals surface area contributed by atoms with Crippen LogP contribution in [0.25, 0.3) is 0 Å². The maximum Gasteiger partial charge on any atom is 0.0830 e. The fourth-order valence-electron chi connectivity index (χ4n) is 3.83. The van der Waals surface area contributed by atoms with Gasteiger partial charge in [-0.15, -0.1) is 0 Å². The highest BCUT2D eigenvalue weighted by Gasteiger charge is 2.30. The molecule has 3 rings (SSSR count). The molecule has 3 atom stereocenters. The van der Waals surface area contributed by atoms with Crippen LogP contribution in [-0.2, 0) is 4.74 Å². The molecule has 0 amide bonds. The lowest BCUT2D eigenvalue weighted by molar-refractivity contribution is -0.0404. The molecule has 0 bridgehead atoms. The van der Waals surface area contributed by atoms with E-state index in [1.54, 1.807) is 0 Å². The number of hydrogen-bond donors (Lipinski definition) is 1. The average Bonchev–Trinajstić information content (AvgIpc) is 2.88. The summed E-state index contributed by atoms with van der Waals surface area (Å²) in [5.74, 6) is 0. The first kappa shape index (κ1) is 13.8. The van der Waals surface area contributed by atoms with Crippen molar-refractivity contribution in [2.45, 2.75) is 50.9 Å². The number of morpholine rings is 1. The first-order chi connectivity index (χ1) is 9.31. The minimum Gasteiger partial charge on any atom is -0.371 e. The Labute approximate surface area is 117 Å². The van der Waals surface area contributed by atoms with E-state index < -0.39 is 0 Å². The molecule has 0 aromatic rings. The van der Waals surface area contributed by atoms with E-state index >= 15 is 0 Å². The molecule has 1 N–H and O–H groups in total. The molecule has 4 nitrogen and oxygen atoms in total. The molecule has 0 aromatic carbocycles. The minimum absolute atomic E-state index is 0.374. The van der Waals surface area contributed by atoms with Gasteiger partial charge in [-0.3, -0.25) is 9.80 Å². The van der Waals surface area contributed by atoms with Gasteiger partial charge in [0.25, 0.3) is 0 Å². The minimum atomic E-state index is 0.374. The van der Waals surface area contributed by atoms with Crippen molar-refractivity contribution in [1.82, 2.24) is 15.1 Å². The molecule has 19 heavy (non-hydrogen) atoms. The number of nitrogens with one attached hydrogen (secondary N) is 1. The first-order valence-electron chi connectivity index (χ1n) is 8.14. The molecule has 0 aliphatic carbocycles. The summed E-state index contributed by atoms with van der Waals surface area (Å²) in [7, 11) is 0. The molecular formula is C15H29N3O. The number of ether oxygens (including phenoxy) is 1. The van der Waals surface area contributed by atoms with Crippen LogP contribution in [0.3, 0.4) is 0 Å². The smallest absolute Gasteiger partial charge is 0.0830 e. The predicted octanol–water partition coefficient (Wildman–Crippen LogP) is 0.923. The van der Waals surface area contributed by atoms with Crippen molar-refractivity contribution in [2.75, 3.05) is 45.8 Å². The van der Waals surface area contributed by atoms with Gasteiger partial charge < -0.3 is 10.1 Å². The van der Waals surface area contributed by atoms with Crippen molar-refractivity contribution < 1.29 is 4.74 Å². The van der Waals surface area contributed by atoms with E-state index in [4.69, 9.17) is 4.74 Å². The molecule has 3 heterocycles. The average molecular weight is 267 g/mol. The molecule has 3 saturated heterocycles. The van der Waals surface area contributed by atoms with Gasteiger partial charge in [0.1, 0.15) is 0 Å². The second-order valence-electron chi connectivity index (χ2n) is 6.53. The Balaban J connectivity index is 1.43. The van der Waals surface area contributed by atoms with Crippen molar-refractivity contribution in [3.8, 4) is 0 Å². The van der Waals surface area contributed by atoms with Gasteiger partial charge in [0.05, 0.1) is 12.2 Å². The number of hydrogen-bond acceptors (Lipinski definition) is 4. The Hall–Kier alpha value is -0.160. The number of piperidine rings is 1. The molecule has 4 heteroatoms. The summed E-state index contributed by atoms with van der Waals surface area (Å²) in [6, 6.07) is 0.814. The molecule has 3 fully saturated rings. The summed E-state index contributed by atoms with van der Waals surface area (Å²) in [5.41, 5.74) is 0. The summed E-state index contributed by atoms with van der Waals surface area (Å²) < 4.78 is 6.01. The summed E-state index contributed by atoms with van der Waals surface area (Å²) in [6.07, 6.45) is 6.37. The van der Waals surface area contributed by atoms with Crippen molar-refractivity contribution in [2.24, 2.45) is 0 Å². The van der Waals surface area contributed by atoms with Crippen molar-refractivity contribution in [3.63, 3.8) is 0 Å². The zero-order valence-electron chi connectivity index (χ0n) is 12.3. The molecular weight excluding hydrogens is 238 g/mol. The van der Waals surface area contributed by atoms with Crippen LogP contribution in [0.4, 0.5) is 0 Å². The zero-order chi connectivity index (χ0) is 13.1. The Morgan fingerprint density at radius 1 is 1.11 bits per heavy atom. The van der Waals surface area contributed by atoms with Gasteiger partial charge in [-0.2, -0.15) is 0 Å². The number of likely N-dealkylation sites (tertiary alicyclic amines) is 2. The lowest BCUT2D eigenvalue weighted by atomic mass is 10.1. The van der Waals surface area contributed by atoms with E-state index in [2.05, 4.69) is 22.0 Å². The lowest BCUT2D eigenvalue weighted by Crippen LogP contribution is -2.48. The van der Waals surface area contributed by atoms with Crippen molar-refractivity contribution in [3.05, 3.63) is 0 Å². The number of nitrogens with zero attached hydrogens (tertiary/aromatic N) is 2. The van der Waals surface area contributed by atoms with E-state index in [1.165, 1.54) is 51.9 Å². The second-order valence-corrected chi connectivity index (χ2v) is 6.53. The topological polar surface area (TPSA) is 27.7 Å². The first-order valence-corrected chi connectivity index (χ1v) is 8.14. The highest BCUT2D eigenvalue weighted by molar-refractivity contribution is 4.87. The van der Waals surface area contributed by atoms with E-state index in [0.717, 1.165) is 25.7 Å². The molecule has 0 spiro atoms. The molecule has 3 aliphatic rings. The highest BCUT2D eigenvalue weighted by Crippen LogP contribution is 2.20. The van der Waals surface area contributed by atoms with Gasteiger partial charge in [0.2, 0.25) is 0 Å². The molecule has 3 aliphatic heterocycles. The molecule has 0 unspecified atom stereocenters. The van der Waals surface area contributed by atoms with Crippen LogP contribution in [0.2, 0.25) is 0 Å². The van der Waals surface area contributed by atoms with Crippen LogP contribution in [0.1, 0.15) is 32.6 Å².